The molecule has 278 valence electrons. The number of aromatic nitrogens is 7. The highest BCUT2D eigenvalue weighted by molar-refractivity contribution is 8.44. The van der Waals surface area contributed by atoms with Crippen molar-refractivity contribution in [2.24, 2.45) is 5.92 Å². The van der Waals surface area contributed by atoms with E-state index in [0.717, 1.165) is 0 Å². The third kappa shape index (κ3) is 7.01. The molecule has 23 heteroatoms. The van der Waals surface area contributed by atoms with Crippen molar-refractivity contribution in [1.29, 1.82) is 0 Å². The number of rotatable bonds is 4. The maximum absolute atomic E-state index is 14.1. The Balaban J connectivity index is 1.26. The van der Waals surface area contributed by atoms with E-state index in [2.05, 4.69) is 78.3 Å². The number of nitrogen functional groups attached to an aromatic ring is 1. The second-order valence-corrected chi connectivity index (χ2v) is 24.8. The van der Waals surface area contributed by atoms with Crippen LogP contribution in [0.25, 0.3) is 16.9 Å². The lowest BCUT2D eigenvalue weighted by Crippen LogP contribution is -2.49. The van der Waals surface area contributed by atoms with Crippen LogP contribution < -0.4 is 11.3 Å². The molecule has 3 fully saturated rings. The van der Waals surface area contributed by atoms with Crippen molar-refractivity contribution in [3.63, 3.8) is 0 Å². The molecule has 10 atom stereocenters. The van der Waals surface area contributed by atoms with Crippen molar-refractivity contribution in [3.8, 4) is 0 Å². The van der Waals surface area contributed by atoms with Gasteiger partial charge in [0, 0.05) is 30.6 Å². The van der Waals surface area contributed by atoms with Gasteiger partial charge in [-0.1, -0.05) is 52.2 Å². The van der Waals surface area contributed by atoms with Gasteiger partial charge in [-0.2, -0.15) is 0 Å². The number of thiol groups is 2. The number of nitrogens with two attached hydrogens (primary N) is 1. The Labute approximate surface area is 304 Å². The van der Waals surface area contributed by atoms with Crippen LogP contribution in [0.3, 0.4) is 0 Å². The Kier molecular flexibility index (Phi) is 9.71. The van der Waals surface area contributed by atoms with Gasteiger partial charge >= 0.3 is 13.6 Å². The summed E-state index contributed by atoms with van der Waals surface area (Å²) < 4.78 is 76.7. The highest BCUT2D eigenvalue weighted by Gasteiger charge is 2.55. The average molecular weight is 803 g/mol. The molecule has 0 amide bonds. The van der Waals surface area contributed by atoms with E-state index in [0.29, 0.717) is 11.2 Å². The fourth-order valence-corrected chi connectivity index (χ4v) is 10.5. The summed E-state index contributed by atoms with van der Waals surface area (Å²) in [4.78, 5) is 29.6. The van der Waals surface area contributed by atoms with E-state index in [9.17, 15) is 13.9 Å². The fourth-order valence-electron chi connectivity index (χ4n) is 6.16. The number of nitrogens with zero attached hydrogens (tertiary/aromatic N) is 7. The van der Waals surface area contributed by atoms with Crippen LogP contribution in [0, 0.1) is 5.92 Å². The highest BCUT2D eigenvalue weighted by Crippen LogP contribution is 2.61. The molecule has 3 aliphatic heterocycles. The standard InChI is InChI=1S/C28H40N8O10P2S2Si/c1-15-16-11-40-48(39,50)45-21-17(12-41-47(38,49)44-20(15)25(42-16)35-9-7-18(37)34-10-8-30-27(34)35)43-26(22(21)46-51(5,6)28(2,3)4)36-14-33-19-23(29)31-13-32-24(19)36/h7-10,13-17,20-22,25-26H,11-12H2,1-6H3,(H,38,49)(H,39,50)(H2,29,31,32)/t15-,16-,17-,20-,21-,22-,25-,26-,47?,48?/m1/s1. The summed E-state index contributed by atoms with van der Waals surface area (Å²) in [6, 6.07) is 1.34. The second-order valence-electron chi connectivity index (χ2n) is 14.2. The van der Waals surface area contributed by atoms with E-state index in [1.165, 1.54) is 41.7 Å². The lowest BCUT2D eigenvalue weighted by atomic mass is 10.0. The largest absolute Gasteiger partial charge is 0.407 e. The van der Waals surface area contributed by atoms with E-state index in [4.69, 9.17) is 37.7 Å². The minimum Gasteiger partial charge on any atom is -0.407 e. The van der Waals surface area contributed by atoms with Gasteiger partial charge in [0.25, 0.3) is 5.56 Å². The van der Waals surface area contributed by atoms with Crippen molar-refractivity contribution in [1.82, 2.24) is 33.5 Å². The smallest absolute Gasteiger partial charge is 0.386 e. The zero-order valence-electron chi connectivity index (χ0n) is 28.6. The van der Waals surface area contributed by atoms with E-state index < -0.39 is 77.4 Å². The minimum absolute atomic E-state index is 0.169. The molecule has 3 saturated heterocycles. The van der Waals surface area contributed by atoms with Crippen LogP contribution in [-0.4, -0.2) is 85.5 Å². The molecule has 7 heterocycles. The summed E-state index contributed by atoms with van der Waals surface area (Å²) in [5.41, 5.74) is 6.49. The lowest BCUT2D eigenvalue weighted by molar-refractivity contribution is -0.0571. The summed E-state index contributed by atoms with van der Waals surface area (Å²) in [5, 5.41) is -0.258. The third-order valence-corrected chi connectivity index (χ3v) is 17.6. The first kappa shape index (κ1) is 37.2. The Hall–Kier alpha value is -2.13. The maximum Gasteiger partial charge on any atom is 0.386 e. The Morgan fingerprint density at radius 3 is 2.31 bits per heavy atom. The van der Waals surface area contributed by atoms with Gasteiger partial charge in [0.05, 0.1) is 25.6 Å². The van der Waals surface area contributed by atoms with Crippen LogP contribution in [0.4, 0.5) is 5.82 Å². The van der Waals surface area contributed by atoms with Crippen molar-refractivity contribution >= 4 is 69.2 Å². The molecule has 0 aliphatic carbocycles. The van der Waals surface area contributed by atoms with E-state index >= 15 is 0 Å². The minimum atomic E-state index is -4.19. The van der Waals surface area contributed by atoms with Gasteiger partial charge < -0.3 is 19.6 Å². The van der Waals surface area contributed by atoms with Gasteiger partial charge in [0.15, 0.2) is 32.2 Å². The molecule has 0 saturated carbocycles. The topological polar surface area (TPSA) is 208 Å². The number of hydrogen-bond acceptors (Lipinski definition) is 15. The molecule has 2 N–H and O–H groups in total. The van der Waals surface area contributed by atoms with Gasteiger partial charge in [-0.3, -0.25) is 36.4 Å². The molecule has 18 nitrogen and oxygen atoms in total. The highest BCUT2D eigenvalue weighted by atomic mass is 32.7. The average Bonchev–Trinajstić information content (AvgIpc) is 3.82. The van der Waals surface area contributed by atoms with E-state index in [1.54, 1.807) is 16.1 Å². The quantitative estimate of drug-likeness (QED) is 0.146. The molecule has 2 bridgehead atoms. The van der Waals surface area contributed by atoms with Gasteiger partial charge in [-0.25, -0.2) is 29.1 Å². The number of anilines is 1. The second kappa shape index (κ2) is 13.3. The normalized spacial score (nSPS) is 35.4. The van der Waals surface area contributed by atoms with Crippen molar-refractivity contribution in [2.75, 3.05) is 18.9 Å². The first-order valence-electron chi connectivity index (χ1n) is 16.1. The van der Waals surface area contributed by atoms with Gasteiger partial charge in [0.1, 0.15) is 36.3 Å². The summed E-state index contributed by atoms with van der Waals surface area (Å²) in [6.07, 6.45) is 0.531. The van der Waals surface area contributed by atoms with Crippen molar-refractivity contribution < 1.29 is 41.1 Å². The molecule has 4 aromatic heterocycles. The molecule has 51 heavy (non-hydrogen) atoms. The van der Waals surface area contributed by atoms with Crippen LogP contribution >= 0.6 is 38.1 Å². The van der Waals surface area contributed by atoms with Crippen molar-refractivity contribution in [3.05, 3.63) is 47.7 Å². The summed E-state index contributed by atoms with van der Waals surface area (Å²) >= 11 is 8.73. The molecule has 0 spiro atoms. The monoisotopic (exact) mass is 802 g/mol. The Morgan fingerprint density at radius 1 is 0.941 bits per heavy atom. The zero-order chi connectivity index (χ0) is 36.7. The van der Waals surface area contributed by atoms with Gasteiger partial charge in [-0.15, -0.1) is 0 Å². The Morgan fingerprint density at radius 2 is 1.61 bits per heavy atom. The first-order chi connectivity index (χ1) is 23.9. The molecule has 0 aromatic carbocycles. The Bertz CT molecular complexity index is 2110. The molecule has 0 radical (unpaired) electrons. The number of imidazole rings is 2. The predicted octanol–water partition coefficient (Wildman–Crippen LogP) is 4.63. The zero-order valence-corrected chi connectivity index (χ0v) is 33.2. The fraction of sp³-hybridized carbons (Fsp3) is 0.607. The van der Waals surface area contributed by atoms with Crippen LogP contribution in [0.2, 0.25) is 18.1 Å². The molecular formula is C28H40N8O10P2S2Si. The number of hydrogen-bond donors (Lipinski definition) is 3. The third-order valence-electron chi connectivity index (χ3n) is 9.94. The van der Waals surface area contributed by atoms with Gasteiger partial charge in [0.2, 0.25) is 5.78 Å². The molecule has 2 unspecified atom stereocenters. The van der Waals surface area contributed by atoms with Crippen LogP contribution in [0.1, 0.15) is 40.2 Å². The van der Waals surface area contributed by atoms with Crippen LogP contribution in [0.5, 0.6) is 0 Å². The number of ether oxygens (including phenoxy) is 2. The van der Waals surface area contributed by atoms with E-state index in [-0.39, 0.29) is 28.8 Å². The first-order valence-corrected chi connectivity index (χ1v) is 24.4. The predicted molar refractivity (Wildman–Crippen MR) is 193 cm³/mol. The van der Waals surface area contributed by atoms with Crippen LogP contribution in [0.15, 0.2) is 42.1 Å². The maximum atomic E-state index is 14.1. The molecule has 3 aliphatic rings. The summed E-state index contributed by atoms with van der Waals surface area (Å²) in [7, 11) is -2.60. The van der Waals surface area contributed by atoms with Gasteiger partial charge in [-0.05, 0) is 18.1 Å². The molecule has 7 rings (SSSR count). The van der Waals surface area contributed by atoms with Crippen molar-refractivity contribution in [2.45, 2.75) is 88.8 Å². The summed E-state index contributed by atoms with van der Waals surface area (Å²) in [6.45, 7) is 3.10. The lowest BCUT2D eigenvalue weighted by Gasteiger charge is -2.40. The number of fused-ring (bicyclic) bond motifs is 5. The van der Waals surface area contributed by atoms with Crippen LogP contribution in [-0.2, 0) is 41.1 Å². The molecule has 4 aromatic rings. The van der Waals surface area contributed by atoms with E-state index in [1.807, 2.05) is 0 Å². The summed E-state index contributed by atoms with van der Waals surface area (Å²) in [5.74, 6) is -0.0855. The SMILES string of the molecule is C[C@H]1[C@H]2OP(=O)(S)OC[C@H]3O[C@@H](n4cnc5c(N)ncnc54)[C@H](O[Si](C)(C)C(C)(C)C)[C@@H]3OP(=O)(S)OC[C@H]1O[C@H]2n1ccc(=O)n2ccnc12. The molecular weight excluding hydrogens is 763 g/mol.